The Bertz CT molecular complexity index is 588. The predicted octanol–water partition coefficient (Wildman–Crippen LogP) is 3.72. The summed E-state index contributed by atoms with van der Waals surface area (Å²) >= 11 is 0. The highest BCUT2D eigenvalue weighted by Gasteiger charge is 2.43. The molecule has 4 aliphatic heterocycles. The molecule has 4 heterocycles. The fraction of sp³-hybridized carbons (Fsp3) is 0.917. The average molecular weight is 417 g/mol. The van der Waals surface area contributed by atoms with Crippen LogP contribution in [0.15, 0.2) is 0 Å². The number of likely N-dealkylation sites (tertiary alicyclic amines) is 4. The zero-order valence-corrected chi connectivity index (χ0v) is 20.2. The van der Waals surface area contributed by atoms with Crippen LogP contribution in [0.2, 0.25) is 0 Å². The van der Waals surface area contributed by atoms with Gasteiger partial charge in [0, 0.05) is 38.8 Å². The minimum Gasteiger partial charge on any atom is -0.310 e. The maximum Gasteiger partial charge on any atom is 0.179 e. The van der Waals surface area contributed by atoms with E-state index in [9.17, 15) is 0 Å². The van der Waals surface area contributed by atoms with E-state index < -0.39 is 0 Å². The standard InChI is InChI=1S/C12H21N3.C10H17N3.C2H6/c1-11(2)14-8-5-12(6-9-14)4-3-7-15(12)10-13;1-12-5-2-10(3-6-12)4-7-13(8-10)9-11;1-2/h11H,3-9H2,1-2H3;2-8H2,1H3;1-2H3. The predicted molar refractivity (Wildman–Crippen MR) is 123 cm³/mol. The Hall–Kier alpha value is -1.50. The van der Waals surface area contributed by atoms with E-state index in [-0.39, 0.29) is 5.54 Å². The normalized spacial score (nSPS) is 25.3. The molecule has 6 heteroatoms. The Morgan fingerprint density at radius 3 is 1.87 bits per heavy atom. The first-order chi connectivity index (χ1) is 14.4. The lowest BCUT2D eigenvalue weighted by atomic mass is 9.78. The zero-order valence-electron chi connectivity index (χ0n) is 20.2. The van der Waals surface area contributed by atoms with Crippen LogP contribution in [-0.4, -0.2) is 84.0 Å². The quantitative estimate of drug-likeness (QED) is 0.607. The van der Waals surface area contributed by atoms with Gasteiger partial charge in [0.05, 0.1) is 5.54 Å². The molecule has 4 saturated heterocycles. The molecule has 0 aromatic carbocycles. The molecule has 170 valence electrons. The third-order valence-electron chi connectivity index (χ3n) is 7.80. The molecule has 4 fully saturated rings. The third kappa shape index (κ3) is 5.80. The van der Waals surface area contributed by atoms with Crippen molar-refractivity contribution in [2.24, 2.45) is 5.41 Å². The lowest BCUT2D eigenvalue weighted by molar-refractivity contribution is 0.0719. The van der Waals surface area contributed by atoms with Crippen LogP contribution in [0, 0.1) is 28.3 Å². The summed E-state index contributed by atoms with van der Waals surface area (Å²) in [7, 11) is 2.18. The van der Waals surface area contributed by atoms with Gasteiger partial charge in [0.15, 0.2) is 12.4 Å². The van der Waals surface area contributed by atoms with Crippen molar-refractivity contribution in [3.8, 4) is 12.4 Å². The van der Waals surface area contributed by atoms with Gasteiger partial charge in [0.2, 0.25) is 0 Å². The van der Waals surface area contributed by atoms with Gasteiger partial charge >= 0.3 is 0 Å². The van der Waals surface area contributed by atoms with Crippen LogP contribution in [0.1, 0.15) is 72.6 Å². The van der Waals surface area contributed by atoms with Gasteiger partial charge in [-0.2, -0.15) is 10.5 Å². The number of nitriles is 2. The highest BCUT2D eigenvalue weighted by atomic mass is 15.3. The highest BCUT2D eigenvalue weighted by molar-refractivity contribution is 5.04. The summed E-state index contributed by atoms with van der Waals surface area (Å²) < 4.78 is 0. The molecule has 30 heavy (non-hydrogen) atoms. The van der Waals surface area contributed by atoms with Gasteiger partial charge in [-0.15, -0.1) is 0 Å². The monoisotopic (exact) mass is 416 g/mol. The van der Waals surface area contributed by atoms with Gasteiger partial charge in [-0.25, -0.2) is 0 Å². The van der Waals surface area contributed by atoms with E-state index in [0.29, 0.717) is 11.5 Å². The van der Waals surface area contributed by atoms with Crippen LogP contribution in [0.3, 0.4) is 0 Å². The summed E-state index contributed by atoms with van der Waals surface area (Å²) in [5.41, 5.74) is 0.725. The van der Waals surface area contributed by atoms with Crippen molar-refractivity contribution in [1.29, 1.82) is 10.5 Å². The van der Waals surface area contributed by atoms with Gasteiger partial charge in [-0.05, 0) is 84.3 Å². The molecule has 4 aliphatic rings. The molecule has 0 aliphatic carbocycles. The van der Waals surface area contributed by atoms with E-state index >= 15 is 0 Å². The molecular formula is C24H44N6. The maximum absolute atomic E-state index is 9.12. The Balaban J connectivity index is 0.000000199. The maximum atomic E-state index is 9.12. The molecule has 0 aromatic rings. The Labute approximate surface area is 185 Å². The second-order valence-corrected chi connectivity index (χ2v) is 9.78. The second kappa shape index (κ2) is 11.2. The first-order valence-electron chi connectivity index (χ1n) is 12.2. The Kier molecular flexibility index (Phi) is 9.26. The summed E-state index contributed by atoms with van der Waals surface area (Å²) in [5, 5.41) is 17.9. The first-order valence-corrected chi connectivity index (χ1v) is 12.2. The Morgan fingerprint density at radius 1 is 0.767 bits per heavy atom. The molecule has 0 radical (unpaired) electrons. The van der Waals surface area contributed by atoms with Crippen molar-refractivity contribution in [2.75, 3.05) is 52.9 Å². The van der Waals surface area contributed by atoms with E-state index in [2.05, 4.69) is 43.1 Å². The molecule has 0 N–H and O–H groups in total. The van der Waals surface area contributed by atoms with Crippen LogP contribution in [-0.2, 0) is 0 Å². The molecule has 2 spiro atoms. The minimum absolute atomic E-state index is 0.236. The van der Waals surface area contributed by atoms with Gasteiger partial charge < -0.3 is 19.6 Å². The summed E-state index contributed by atoms with van der Waals surface area (Å²) in [4.78, 5) is 8.88. The van der Waals surface area contributed by atoms with E-state index in [1.54, 1.807) is 0 Å². The molecule has 6 nitrogen and oxygen atoms in total. The summed E-state index contributed by atoms with van der Waals surface area (Å²) in [6.45, 7) is 16.2. The van der Waals surface area contributed by atoms with Crippen LogP contribution >= 0.6 is 0 Å². The summed E-state index contributed by atoms with van der Waals surface area (Å²) in [6.07, 6.45) is 13.2. The van der Waals surface area contributed by atoms with Crippen molar-refractivity contribution in [1.82, 2.24) is 19.6 Å². The van der Waals surface area contributed by atoms with Gasteiger partial charge in [-0.1, -0.05) is 13.8 Å². The largest absolute Gasteiger partial charge is 0.310 e. The van der Waals surface area contributed by atoms with Crippen LogP contribution < -0.4 is 0 Å². The fourth-order valence-electron chi connectivity index (χ4n) is 5.59. The van der Waals surface area contributed by atoms with E-state index in [0.717, 1.165) is 32.7 Å². The topological polar surface area (TPSA) is 60.5 Å². The highest BCUT2D eigenvalue weighted by Crippen LogP contribution is 2.40. The van der Waals surface area contributed by atoms with Gasteiger partial charge in [0.25, 0.3) is 0 Å². The van der Waals surface area contributed by atoms with Crippen LogP contribution in [0.25, 0.3) is 0 Å². The lowest BCUT2D eigenvalue weighted by Gasteiger charge is -2.44. The van der Waals surface area contributed by atoms with Crippen molar-refractivity contribution in [3.63, 3.8) is 0 Å². The molecule has 0 aromatic heterocycles. The van der Waals surface area contributed by atoms with Gasteiger partial charge in [0.1, 0.15) is 0 Å². The van der Waals surface area contributed by atoms with E-state index in [1.807, 2.05) is 23.6 Å². The fourth-order valence-corrected chi connectivity index (χ4v) is 5.59. The van der Waals surface area contributed by atoms with E-state index in [4.69, 9.17) is 10.5 Å². The molecule has 0 atom stereocenters. The Morgan fingerprint density at radius 2 is 1.37 bits per heavy atom. The van der Waals surface area contributed by atoms with E-state index in [1.165, 1.54) is 58.0 Å². The van der Waals surface area contributed by atoms with Crippen molar-refractivity contribution in [3.05, 3.63) is 0 Å². The molecule has 0 unspecified atom stereocenters. The van der Waals surface area contributed by atoms with Crippen molar-refractivity contribution < 1.29 is 0 Å². The number of piperidine rings is 2. The van der Waals surface area contributed by atoms with Crippen molar-refractivity contribution in [2.45, 2.75) is 84.2 Å². The zero-order chi connectivity index (χ0) is 22.2. The number of hydrogen-bond acceptors (Lipinski definition) is 6. The molecule has 4 rings (SSSR count). The van der Waals surface area contributed by atoms with Crippen LogP contribution in [0.4, 0.5) is 0 Å². The average Bonchev–Trinajstić information content (AvgIpc) is 3.37. The smallest absolute Gasteiger partial charge is 0.179 e. The van der Waals surface area contributed by atoms with Crippen molar-refractivity contribution >= 4 is 0 Å². The lowest BCUT2D eigenvalue weighted by Crippen LogP contribution is -2.51. The third-order valence-corrected chi connectivity index (χ3v) is 7.80. The van der Waals surface area contributed by atoms with Crippen LogP contribution in [0.5, 0.6) is 0 Å². The summed E-state index contributed by atoms with van der Waals surface area (Å²) in [5.74, 6) is 0. The number of rotatable bonds is 1. The molecule has 0 bridgehead atoms. The molecular weight excluding hydrogens is 372 g/mol. The number of hydrogen-bond donors (Lipinski definition) is 0. The SMILES string of the molecule is CC.CC(C)N1CCC2(CCCN2C#N)CC1.CN1CCC2(CC1)CCN(C#N)C2. The minimum atomic E-state index is 0.236. The number of nitrogens with zero attached hydrogens (tertiary/aromatic N) is 6. The molecule has 0 saturated carbocycles. The first kappa shape index (κ1) is 24.8. The molecule has 0 amide bonds. The second-order valence-electron chi connectivity index (χ2n) is 9.78. The summed E-state index contributed by atoms with van der Waals surface area (Å²) in [6, 6.07) is 0.652. The van der Waals surface area contributed by atoms with Gasteiger partial charge in [-0.3, -0.25) is 0 Å².